The van der Waals surface area contributed by atoms with Gasteiger partial charge < -0.3 is 9.14 Å². The molecule has 0 atom stereocenters. The SMILES string of the molecule is O=Cc1ccn2cc(CC3CCOCC3)nc2c1. The Kier molecular flexibility index (Phi) is 3.11. The minimum Gasteiger partial charge on any atom is -0.381 e. The van der Waals surface area contributed by atoms with Crippen LogP contribution in [0.3, 0.4) is 0 Å². The fourth-order valence-electron chi connectivity index (χ4n) is 2.47. The van der Waals surface area contributed by atoms with E-state index in [9.17, 15) is 4.79 Å². The first-order valence-electron chi connectivity index (χ1n) is 6.36. The molecule has 1 saturated heterocycles. The largest absolute Gasteiger partial charge is 0.381 e. The van der Waals surface area contributed by atoms with Gasteiger partial charge >= 0.3 is 0 Å². The molecule has 0 spiro atoms. The normalized spacial score (nSPS) is 17.1. The number of aldehydes is 1. The van der Waals surface area contributed by atoms with Crippen molar-refractivity contribution >= 4 is 11.9 Å². The number of pyridine rings is 1. The van der Waals surface area contributed by atoms with Crippen LogP contribution in [0.5, 0.6) is 0 Å². The van der Waals surface area contributed by atoms with Crippen molar-refractivity contribution in [2.24, 2.45) is 5.92 Å². The third-order valence-corrected chi connectivity index (χ3v) is 3.51. The maximum atomic E-state index is 10.7. The highest BCUT2D eigenvalue weighted by molar-refractivity contribution is 5.76. The quantitative estimate of drug-likeness (QED) is 0.777. The Morgan fingerprint density at radius 3 is 3.06 bits per heavy atom. The van der Waals surface area contributed by atoms with Gasteiger partial charge in [0.05, 0.1) is 5.69 Å². The van der Waals surface area contributed by atoms with Crippen LogP contribution >= 0.6 is 0 Å². The summed E-state index contributed by atoms with van der Waals surface area (Å²) in [7, 11) is 0. The van der Waals surface area contributed by atoms with E-state index in [4.69, 9.17) is 4.74 Å². The lowest BCUT2D eigenvalue weighted by atomic mass is 9.95. The van der Waals surface area contributed by atoms with Gasteiger partial charge in [-0.1, -0.05) is 0 Å². The Morgan fingerprint density at radius 2 is 2.28 bits per heavy atom. The van der Waals surface area contributed by atoms with Crippen molar-refractivity contribution in [2.45, 2.75) is 19.3 Å². The summed E-state index contributed by atoms with van der Waals surface area (Å²) in [5, 5.41) is 0. The molecule has 4 heteroatoms. The minimum atomic E-state index is 0.672. The van der Waals surface area contributed by atoms with E-state index in [1.54, 1.807) is 6.07 Å². The number of carbonyl (C=O) groups excluding carboxylic acids is 1. The summed E-state index contributed by atoms with van der Waals surface area (Å²) >= 11 is 0. The number of hydrogen-bond donors (Lipinski definition) is 0. The van der Waals surface area contributed by atoms with Crippen molar-refractivity contribution in [2.75, 3.05) is 13.2 Å². The average molecular weight is 244 g/mol. The molecule has 2 aromatic heterocycles. The Labute approximate surface area is 106 Å². The number of rotatable bonds is 3. The molecule has 0 bridgehead atoms. The zero-order valence-electron chi connectivity index (χ0n) is 10.2. The van der Waals surface area contributed by atoms with Gasteiger partial charge in [0.25, 0.3) is 0 Å². The van der Waals surface area contributed by atoms with Gasteiger partial charge in [0.2, 0.25) is 0 Å². The first-order valence-corrected chi connectivity index (χ1v) is 6.36. The fourth-order valence-corrected chi connectivity index (χ4v) is 2.47. The second kappa shape index (κ2) is 4.90. The monoisotopic (exact) mass is 244 g/mol. The average Bonchev–Trinajstić information content (AvgIpc) is 2.80. The maximum Gasteiger partial charge on any atom is 0.150 e. The minimum absolute atomic E-state index is 0.672. The summed E-state index contributed by atoms with van der Waals surface area (Å²) in [6, 6.07) is 3.63. The molecule has 3 rings (SSSR count). The molecule has 0 aromatic carbocycles. The Bertz CT molecular complexity index is 556. The van der Waals surface area contributed by atoms with E-state index in [2.05, 4.69) is 11.2 Å². The van der Waals surface area contributed by atoms with Crippen LogP contribution < -0.4 is 0 Å². The first-order chi connectivity index (χ1) is 8.85. The molecule has 1 aliphatic heterocycles. The summed E-state index contributed by atoms with van der Waals surface area (Å²) in [6.45, 7) is 1.74. The van der Waals surface area contributed by atoms with Gasteiger partial charge in [-0.3, -0.25) is 4.79 Å². The van der Waals surface area contributed by atoms with E-state index in [-0.39, 0.29) is 0 Å². The predicted octanol–water partition coefficient (Wildman–Crippen LogP) is 2.12. The van der Waals surface area contributed by atoms with Crippen molar-refractivity contribution in [1.29, 1.82) is 0 Å². The number of aromatic nitrogens is 2. The van der Waals surface area contributed by atoms with Crippen molar-refractivity contribution < 1.29 is 9.53 Å². The number of fused-ring (bicyclic) bond motifs is 1. The fraction of sp³-hybridized carbons (Fsp3) is 0.429. The van der Waals surface area contributed by atoms with Crippen molar-refractivity contribution in [1.82, 2.24) is 9.38 Å². The number of nitrogens with zero attached hydrogens (tertiary/aromatic N) is 2. The number of ether oxygens (including phenoxy) is 1. The van der Waals surface area contributed by atoms with E-state index in [0.29, 0.717) is 11.5 Å². The van der Waals surface area contributed by atoms with E-state index in [0.717, 1.165) is 50.1 Å². The molecule has 4 nitrogen and oxygen atoms in total. The van der Waals surface area contributed by atoms with Crippen molar-refractivity contribution in [3.05, 3.63) is 35.8 Å². The molecule has 2 aromatic rings. The van der Waals surface area contributed by atoms with Crippen LogP contribution in [-0.4, -0.2) is 28.9 Å². The molecule has 1 aliphatic rings. The molecule has 0 aliphatic carbocycles. The van der Waals surface area contributed by atoms with Crippen LogP contribution in [0.4, 0.5) is 0 Å². The van der Waals surface area contributed by atoms with Crippen LogP contribution in [0.2, 0.25) is 0 Å². The molecule has 0 saturated carbocycles. The molecule has 0 unspecified atom stereocenters. The first kappa shape index (κ1) is 11.4. The molecule has 0 amide bonds. The van der Waals surface area contributed by atoms with E-state index in [1.807, 2.05) is 16.7 Å². The zero-order valence-corrected chi connectivity index (χ0v) is 10.2. The Hall–Kier alpha value is -1.68. The van der Waals surface area contributed by atoms with E-state index in [1.165, 1.54) is 0 Å². The summed E-state index contributed by atoms with van der Waals surface area (Å²) < 4.78 is 7.34. The standard InChI is InChI=1S/C14H16N2O2/c17-10-12-1-4-16-9-13(15-14(16)8-12)7-11-2-5-18-6-3-11/h1,4,8-11H,2-3,5-7H2. The highest BCUT2D eigenvalue weighted by Crippen LogP contribution is 2.20. The number of carbonyl (C=O) groups is 1. The van der Waals surface area contributed by atoms with Gasteiger partial charge in [-0.15, -0.1) is 0 Å². The molecule has 1 fully saturated rings. The lowest BCUT2D eigenvalue weighted by Gasteiger charge is -2.20. The van der Waals surface area contributed by atoms with Gasteiger partial charge in [0.15, 0.2) is 0 Å². The summed E-state index contributed by atoms with van der Waals surface area (Å²) in [6.07, 6.45) is 8.04. The molecule has 3 heterocycles. The van der Waals surface area contributed by atoms with Gasteiger partial charge in [0.1, 0.15) is 11.9 Å². The predicted molar refractivity (Wildman–Crippen MR) is 67.8 cm³/mol. The molecule has 18 heavy (non-hydrogen) atoms. The summed E-state index contributed by atoms with van der Waals surface area (Å²) in [5.41, 5.74) is 2.62. The summed E-state index contributed by atoms with van der Waals surface area (Å²) in [4.78, 5) is 15.3. The van der Waals surface area contributed by atoms with Crippen LogP contribution in [0.15, 0.2) is 24.5 Å². The smallest absolute Gasteiger partial charge is 0.150 e. The number of imidazole rings is 1. The van der Waals surface area contributed by atoms with Crippen LogP contribution in [0.25, 0.3) is 5.65 Å². The zero-order chi connectivity index (χ0) is 12.4. The highest BCUT2D eigenvalue weighted by atomic mass is 16.5. The van der Waals surface area contributed by atoms with Gasteiger partial charge in [-0.2, -0.15) is 0 Å². The lowest BCUT2D eigenvalue weighted by molar-refractivity contribution is 0.0663. The van der Waals surface area contributed by atoms with Gasteiger partial charge in [-0.25, -0.2) is 4.98 Å². The van der Waals surface area contributed by atoms with E-state index >= 15 is 0 Å². The topological polar surface area (TPSA) is 43.6 Å². The molecule has 0 N–H and O–H groups in total. The molecular formula is C14H16N2O2. The van der Waals surface area contributed by atoms with E-state index < -0.39 is 0 Å². The van der Waals surface area contributed by atoms with Crippen molar-refractivity contribution in [3.8, 4) is 0 Å². The molecule has 0 radical (unpaired) electrons. The Balaban J connectivity index is 1.81. The van der Waals surface area contributed by atoms with Crippen LogP contribution in [0, 0.1) is 5.92 Å². The summed E-state index contributed by atoms with van der Waals surface area (Å²) in [5.74, 6) is 0.675. The third kappa shape index (κ3) is 2.29. The molecular weight excluding hydrogens is 228 g/mol. The van der Waals surface area contributed by atoms with Crippen LogP contribution in [-0.2, 0) is 11.2 Å². The lowest BCUT2D eigenvalue weighted by Crippen LogP contribution is -2.17. The molecule has 94 valence electrons. The van der Waals surface area contributed by atoms with Crippen LogP contribution in [0.1, 0.15) is 28.9 Å². The second-order valence-corrected chi connectivity index (χ2v) is 4.84. The third-order valence-electron chi connectivity index (χ3n) is 3.51. The Morgan fingerprint density at radius 1 is 1.44 bits per heavy atom. The maximum absolute atomic E-state index is 10.7. The number of hydrogen-bond acceptors (Lipinski definition) is 3. The van der Waals surface area contributed by atoms with Gasteiger partial charge in [0, 0.05) is 31.2 Å². The second-order valence-electron chi connectivity index (χ2n) is 4.84. The highest BCUT2D eigenvalue weighted by Gasteiger charge is 2.15. The van der Waals surface area contributed by atoms with Crippen molar-refractivity contribution in [3.63, 3.8) is 0 Å². The van der Waals surface area contributed by atoms with Gasteiger partial charge in [-0.05, 0) is 37.3 Å².